The fraction of sp³-hybridized carbons (Fsp3) is 0.516. The first-order chi connectivity index (χ1) is 18.9. The molecule has 0 unspecified atom stereocenters. The van der Waals surface area contributed by atoms with Crippen LogP contribution in [0.15, 0.2) is 33.5 Å². The highest BCUT2D eigenvalue weighted by Crippen LogP contribution is 2.41. The molecule has 9 heteroatoms. The molecule has 1 aromatic heterocycles. The molecule has 0 spiro atoms. The number of aryl methyl sites for hydroxylation is 3. The Bertz CT molecular complexity index is 1380. The standard InChI is InChI=1S/C31H38F3NO5/c1-6-7-8-9-10-22-14-24-27(37)29(39-23-12-18(2)11-19(3)13-23)30(31(32,33)34)40-28(24)25(26(22)36)17-35-15-20(4)38-21(5)16-35/h11-14,20-21,36H,6-10,15-17H2,1-5H3/p+1/t20-,21-/m1/s1. The summed E-state index contributed by atoms with van der Waals surface area (Å²) < 4.78 is 60.0. The zero-order valence-corrected chi connectivity index (χ0v) is 23.8. The molecule has 0 radical (unpaired) electrons. The highest BCUT2D eigenvalue weighted by molar-refractivity contribution is 5.85. The maximum absolute atomic E-state index is 14.3. The van der Waals surface area contributed by atoms with Gasteiger partial charge in [-0.2, -0.15) is 13.2 Å². The molecule has 0 saturated carbocycles. The van der Waals surface area contributed by atoms with E-state index in [4.69, 9.17) is 13.9 Å². The Balaban J connectivity index is 1.90. The molecule has 1 aliphatic heterocycles. The zero-order chi connectivity index (χ0) is 29.2. The van der Waals surface area contributed by atoms with E-state index in [0.29, 0.717) is 25.1 Å². The molecule has 40 heavy (non-hydrogen) atoms. The van der Waals surface area contributed by atoms with Crippen molar-refractivity contribution >= 4 is 11.0 Å². The van der Waals surface area contributed by atoms with Crippen molar-refractivity contribution in [3.63, 3.8) is 0 Å². The number of fused-ring (bicyclic) bond motifs is 1. The topological polar surface area (TPSA) is 73.3 Å². The van der Waals surface area contributed by atoms with E-state index in [9.17, 15) is 23.1 Å². The van der Waals surface area contributed by atoms with Crippen molar-refractivity contribution < 1.29 is 37.1 Å². The van der Waals surface area contributed by atoms with Gasteiger partial charge in [-0.3, -0.25) is 4.79 Å². The van der Waals surface area contributed by atoms with Crippen LogP contribution in [0.1, 0.15) is 74.5 Å². The summed E-state index contributed by atoms with van der Waals surface area (Å²) in [5.74, 6) is -2.41. The third kappa shape index (κ3) is 6.81. The molecule has 3 aromatic rings. The van der Waals surface area contributed by atoms with Gasteiger partial charge in [-0.1, -0.05) is 32.3 Å². The molecule has 218 valence electrons. The lowest BCUT2D eigenvalue weighted by Gasteiger charge is -2.32. The SMILES string of the molecule is CCCCCCc1cc2c(=O)c(Oc3cc(C)cc(C)c3)c(C(F)(F)F)oc2c(C[NH+]2C[C@@H](C)O[C@H](C)C2)c1O. The van der Waals surface area contributed by atoms with E-state index in [2.05, 4.69) is 6.92 Å². The van der Waals surface area contributed by atoms with Crippen molar-refractivity contribution in [2.75, 3.05) is 13.1 Å². The predicted molar refractivity (Wildman–Crippen MR) is 147 cm³/mol. The summed E-state index contributed by atoms with van der Waals surface area (Å²) in [6, 6.07) is 6.47. The van der Waals surface area contributed by atoms with Crippen LogP contribution in [-0.2, 0) is 23.9 Å². The highest BCUT2D eigenvalue weighted by atomic mass is 19.4. The quantitative estimate of drug-likeness (QED) is 0.302. The summed E-state index contributed by atoms with van der Waals surface area (Å²) in [6.07, 6.45) is -0.831. The molecule has 4 rings (SSSR count). The van der Waals surface area contributed by atoms with Crippen molar-refractivity contribution in [1.82, 2.24) is 0 Å². The van der Waals surface area contributed by atoms with Crippen LogP contribution in [0, 0.1) is 13.8 Å². The van der Waals surface area contributed by atoms with E-state index in [1.165, 1.54) is 6.07 Å². The molecule has 2 atom stereocenters. The summed E-state index contributed by atoms with van der Waals surface area (Å²) >= 11 is 0. The van der Waals surface area contributed by atoms with Crippen LogP contribution in [-0.4, -0.2) is 30.4 Å². The van der Waals surface area contributed by atoms with Gasteiger partial charge in [-0.15, -0.1) is 0 Å². The van der Waals surface area contributed by atoms with Crippen LogP contribution in [0.2, 0.25) is 0 Å². The number of hydrogen-bond acceptors (Lipinski definition) is 5. The largest absolute Gasteiger partial charge is 0.507 e. The minimum atomic E-state index is -5.00. The summed E-state index contributed by atoms with van der Waals surface area (Å²) in [4.78, 5) is 14.8. The molecule has 2 heterocycles. The second kappa shape index (κ2) is 12.2. The van der Waals surface area contributed by atoms with Gasteiger partial charge in [0, 0.05) is 0 Å². The van der Waals surface area contributed by atoms with E-state index in [1.807, 2.05) is 19.9 Å². The van der Waals surface area contributed by atoms with Gasteiger partial charge < -0.3 is 23.9 Å². The molecule has 6 nitrogen and oxygen atoms in total. The number of aromatic hydroxyl groups is 1. The maximum Gasteiger partial charge on any atom is 0.453 e. The molecule has 0 bridgehead atoms. The van der Waals surface area contributed by atoms with Crippen LogP contribution in [0.5, 0.6) is 17.2 Å². The molecular weight excluding hydrogens is 523 g/mol. The van der Waals surface area contributed by atoms with Crippen LogP contribution >= 0.6 is 0 Å². The second-order valence-electron chi connectivity index (χ2n) is 11.2. The maximum atomic E-state index is 14.3. The van der Waals surface area contributed by atoms with Gasteiger partial charge in [0.1, 0.15) is 43.3 Å². The number of ether oxygens (including phenoxy) is 2. The Hall–Kier alpha value is -3.04. The number of benzene rings is 2. The van der Waals surface area contributed by atoms with E-state index >= 15 is 0 Å². The van der Waals surface area contributed by atoms with Crippen LogP contribution in [0.4, 0.5) is 13.2 Å². The summed E-state index contributed by atoms with van der Waals surface area (Å²) in [5, 5.41) is 11.3. The average Bonchev–Trinajstić information content (AvgIpc) is 2.84. The number of halogens is 3. The van der Waals surface area contributed by atoms with Gasteiger partial charge in [-0.05, 0) is 75.4 Å². The summed E-state index contributed by atoms with van der Waals surface area (Å²) in [6.45, 7) is 11.0. The van der Waals surface area contributed by atoms with Crippen molar-refractivity contribution in [3.8, 4) is 17.2 Å². The van der Waals surface area contributed by atoms with E-state index < -0.39 is 23.1 Å². The minimum absolute atomic E-state index is 0.0283. The molecule has 2 aromatic carbocycles. The number of morpholine rings is 1. The first-order valence-electron chi connectivity index (χ1n) is 14.0. The van der Waals surface area contributed by atoms with E-state index in [0.717, 1.165) is 41.7 Å². The smallest absolute Gasteiger partial charge is 0.453 e. The fourth-order valence-corrected chi connectivity index (χ4v) is 5.70. The number of unbranched alkanes of at least 4 members (excludes halogenated alkanes) is 3. The number of phenolic OH excluding ortho intramolecular Hbond substituents is 1. The highest BCUT2D eigenvalue weighted by Gasteiger charge is 2.41. The van der Waals surface area contributed by atoms with Gasteiger partial charge in [0.25, 0.3) is 5.76 Å². The Morgan fingerprint density at radius 3 is 2.27 bits per heavy atom. The van der Waals surface area contributed by atoms with Crippen molar-refractivity contribution in [2.45, 2.75) is 91.7 Å². The Morgan fingerprint density at radius 1 is 1.02 bits per heavy atom. The number of alkyl halides is 3. The number of phenols is 1. The number of nitrogens with one attached hydrogen (secondary N) is 1. The molecule has 0 aliphatic carbocycles. The number of rotatable bonds is 9. The number of quaternary nitrogens is 1. The molecule has 1 aliphatic rings. The van der Waals surface area contributed by atoms with E-state index in [1.54, 1.807) is 26.0 Å². The monoisotopic (exact) mass is 562 g/mol. The summed E-state index contributed by atoms with van der Waals surface area (Å²) in [7, 11) is 0. The molecule has 2 N–H and O–H groups in total. The lowest BCUT2D eigenvalue weighted by Crippen LogP contribution is -3.14. The third-order valence-electron chi connectivity index (χ3n) is 7.30. The van der Waals surface area contributed by atoms with Gasteiger partial charge >= 0.3 is 6.18 Å². The average molecular weight is 563 g/mol. The van der Waals surface area contributed by atoms with Gasteiger partial charge in [0.05, 0.1) is 10.9 Å². The second-order valence-corrected chi connectivity index (χ2v) is 11.2. The normalized spacial score (nSPS) is 19.8. The molecule has 0 amide bonds. The van der Waals surface area contributed by atoms with Gasteiger partial charge in [-0.25, -0.2) is 0 Å². The van der Waals surface area contributed by atoms with E-state index in [-0.39, 0.29) is 46.8 Å². The van der Waals surface area contributed by atoms with Crippen LogP contribution < -0.4 is 15.1 Å². The molecule has 1 fully saturated rings. The first kappa shape index (κ1) is 29.9. The molecule has 1 saturated heterocycles. The number of hydrogen-bond donors (Lipinski definition) is 2. The third-order valence-corrected chi connectivity index (χ3v) is 7.30. The van der Waals surface area contributed by atoms with Crippen LogP contribution in [0.3, 0.4) is 0 Å². The Morgan fingerprint density at radius 2 is 1.68 bits per heavy atom. The summed E-state index contributed by atoms with van der Waals surface area (Å²) in [5.41, 5.74) is 1.14. The predicted octanol–water partition coefficient (Wildman–Crippen LogP) is 6.24. The van der Waals surface area contributed by atoms with Gasteiger partial charge in [0.15, 0.2) is 5.58 Å². The Labute approximate surface area is 232 Å². The first-order valence-corrected chi connectivity index (χ1v) is 14.0. The minimum Gasteiger partial charge on any atom is -0.507 e. The Kier molecular flexibility index (Phi) is 9.15. The zero-order valence-electron chi connectivity index (χ0n) is 23.8. The molecular formula is C31H39F3NO5+. The fourth-order valence-electron chi connectivity index (χ4n) is 5.70. The van der Waals surface area contributed by atoms with Crippen molar-refractivity contribution in [2.24, 2.45) is 0 Å². The van der Waals surface area contributed by atoms with Crippen molar-refractivity contribution in [1.29, 1.82) is 0 Å². The van der Waals surface area contributed by atoms with Crippen LogP contribution in [0.25, 0.3) is 11.0 Å². The lowest BCUT2D eigenvalue weighted by molar-refractivity contribution is -0.928. The van der Waals surface area contributed by atoms with Crippen molar-refractivity contribution in [3.05, 3.63) is 62.5 Å². The van der Waals surface area contributed by atoms with Gasteiger partial charge in [0.2, 0.25) is 11.2 Å². The lowest BCUT2D eigenvalue weighted by atomic mass is 9.98.